The van der Waals surface area contributed by atoms with Crippen LogP contribution in [-0.2, 0) is 10.0 Å². The lowest BCUT2D eigenvalue weighted by Crippen LogP contribution is -2.17. The molecule has 0 atom stereocenters. The van der Waals surface area contributed by atoms with Gasteiger partial charge in [0.05, 0.1) is 5.75 Å². The SMILES string of the molecule is CN(C)c1ccc(NS(=O)(=O)CCCCO)cc1. The highest BCUT2D eigenvalue weighted by Gasteiger charge is 2.09. The van der Waals surface area contributed by atoms with Gasteiger partial charge in [-0.15, -0.1) is 0 Å². The predicted octanol–water partition coefficient (Wildman–Crippen LogP) is 1.27. The van der Waals surface area contributed by atoms with Crippen LogP contribution in [0.5, 0.6) is 0 Å². The van der Waals surface area contributed by atoms with Crippen LogP contribution in [0.3, 0.4) is 0 Å². The van der Waals surface area contributed by atoms with Crippen LogP contribution in [0.25, 0.3) is 0 Å². The molecule has 0 aliphatic heterocycles. The van der Waals surface area contributed by atoms with E-state index in [4.69, 9.17) is 5.11 Å². The number of nitrogens with one attached hydrogen (secondary N) is 1. The number of sulfonamides is 1. The molecular formula is C12H20N2O3S. The minimum Gasteiger partial charge on any atom is -0.396 e. The summed E-state index contributed by atoms with van der Waals surface area (Å²) in [6.45, 7) is 0.0209. The molecule has 1 aromatic rings. The number of anilines is 2. The van der Waals surface area contributed by atoms with E-state index in [1.807, 2.05) is 31.1 Å². The largest absolute Gasteiger partial charge is 0.396 e. The first-order valence-corrected chi connectivity index (χ1v) is 7.48. The van der Waals surface area contributed by atoms with E-state index in [2.05, 4.69) is 4.72 Å². The summed E-state index contributed by atoms with van der Waals surface area (Å²) in [6.07, 6.45) is 0.960. The standard InChI is InChI=1S/C12H20N2O3S/c1-14(2)12-7-5-11(6-8-12)13-18(16,17)10-4-3-9-15/h5-8,13,15H,3-4,9-10H2,1-2H3. The van der Waals surface area contributed by atoms with E-state index in [0.29, 0.717) is 18.5 Å². The van der Waals surface area contributed by atoms with Crippen LogP contribution in [-0.4, -0.2) is 40.0 Å². The van der Waals surface area contributed by atoms with Crippen molar-refractivity contribution in [2.75, 3.05) is 36.1 Å². The average molecular weight is 272 g/mol. The molecule has 1 aromatic carbocycles. The Morgan fingerprint density at radius 1 is 1.17 bits per heavy atom. The molecule has 0 saturated heterocycles. The summed E-state index contributed by atoms with van der Waals surface area (Å²) >= 11 is 0. The van der Waals surface area contributed by atoms with Crippen molar-refractivity contribution >= 4 is 21.4 Å². The molecule has 0 radical (unpaired) electrons. The van der Waals surface area contributed by atoms with Crippen molar-refractivity contribution in [2.45, 2.75) is 12.8 Å². The molecule has 102 valence electrons. The summed E-state index contributed by atoms with van der Waals surface area (Å²) in [7, 11) is 0.535. The van der Waals surface area contributed by atoms with Crippen LogP contribution < -0.4 is 9.62 Å². The summed E-state index contributed by atoms with van der Waals surface area (Å²) in [5, 5.41) is 8.62. The Kier molecular flexibility index (Phi) is 5.43. The van der Waals surface area contributed by atoms with Gasteiger partial charge in [0.15, 0.2) is 0 Å². The first-order valence-electron chi connectivity index (χ1n) is 5.83. The van der Waals surface area contributed by atoms with E-state index in [0.717, 1.165) is 5.69 Å². The van der Waals surface area contributed by atoms with Crippen LogP contribution in [0, 0.1) is 0 Å². The van der Waals surface area contributed by atoms with E-state index >= 15 is 0 Å². The number of hydrogen-bond acceptors (Lipinski definition) is 4. The third-order valence-electron chi connectivity index (χ3n) is 2.48. The van der Waals surface area contributed by atoms with E-state index in [9.17, 15) is 8.42 Å². The van der Waals surface area contributed by atoms with Crippen molar-refractivity contribution in [2.24, 2.45) is 0 Å². The first-order chi connectivity index (χ1) is 8.44. The fraction of sp³-hybridized carbons (Fsp3) is 0.500. The lowest BCUT2D eigenvalue weighted by Gasteiger charge is -2.13. The second kappa shape index (κ2) is 6.61. The highest BCUT2D eigenvalue weighted by molar-refractivity contribution is 7.92. The number of aliphatic hydroxyl groups is 1. The number of aliphatic hydroxyl groups excluding tert-OH is 1. The first kappa shape index (κ1) is 14.8. The predicted molar refractivity (Wildman–Crippen MR) is 74.5 cm³/mol. The third kappa shape index (κ3) is 4.93. The van der Waals surface area contributed by atoms with Gasteiger partial charge in [-0.05, 0) is 37.1 Å². The molecule has 0 spiro atoms. The van der Waals surface area contributed by atoms with Crippen molar-refractivity contribution in [1.82, 2.24) is 0 Å². The van der Waals surface area contributed by atoms with Crippen molar-refractivity contribution in [1.29, 1.82) is 0 Å². The molecule has 0 bridgehead atoms. The van der Waals surface area contributed by atoms with Gasteiger partial charge in [0, 0.05) is 32.1 Å². The van der Waals surface area contributed by atoms with E-state index in [-0.39, 0.29) is 12.4 Å². The third-order valence-corrected chi connectivity index (χ3v) is 3.85. The smallest absolute Gasteiger partial charge is 0.232 e. The zero-order valence-electron chi connectivity index (χ0n) is 10.8. The summed E-state index contributed by atoms with van der Waals surface area (Å²) in [5.41, 5.74) is 1.57. The molecule has 6 heteroatoms. The van der Waals surface area contributed by atoms with Crippen LogP contribution in [0.2, 0.25) is 0 Å². The summed E-state index contributed by atoms with van der Waals surface area (Å²) < 4.78 is 25.9. The molecule has 0 amide bonds. The number of nitrogens with zero attached hydrogens (tertiary/aromatic N) is 1. The number of unbranched alkanes of at least 4 members (excludes halogenated alkanes) is 1. The molecule has 0 aliphatic rings. The normalized spacial score (nSPS) is 11.3. The van der Waals surface area contributed by atoms with Crippen LogP contribution in [0.15, 0.2) is 24.3 Å². The highest BCUT2D eigenvalue weighted by atomic mass is 32.2. The van der Waals surface area contributed by atoms with Gasteiger partial charge in [-0.3, -0.25) is 4.72 Å². The summed E-state index contributed by atoms with van der Waals surface area (Å²) in [5.74, 6) is 0.0307. The van der Waals surface area contributed by atoms with Crippen LogP contribution in [0.1, 0.15) is 12.8 Å². The van der Waals surface area contributed by atoms with Gasteiger partial charge < -0.3 is 10.0 Å². The van der Waals surface area contributed by atoms with Crippen LogP contribution in [0.4, 0.5) is 11.4 Å². The molecule has 0 unspecified atom stereocenters. The van der Waals surface area contributed by atoms with Gasteiger partial charge >= 0.3 is 0 Å². The summed E-state index contributed by atoms with van der Waals surface area (Å²) in [4.78, 5) is 1.94. The monoisotopic (exact) mass is 272 g/mol. The fourth-order valence-electron chi connectivity index (χ4n) is 1.46. The maximum atomic E-state index is 11.7. The summed E-state index contributed by atoms with van der Waals surface area (Å²) in [6, 6.07) is 7.18. The molecule has 0 heterocycles. The van der Waals surface area contributed by atoms with Crippen molar-refractivity contribution < 1.29 is 13.5 Å². The number of rotatable bonds is 7. The topological polar surface area (TPSA) is 69.6 Å². The second-order valence-electron chi connectivity index (χ2n) is 4.29. The number of hydrogen-bond donors (Lipinski definition) is 2. The average Bonchev–Trinajstić information content (AvgIpc) is 2.29. The fourth-order valence-corrected chi connectivity index (χ4v) is 2.64. The van der Waals surface area contributed by atoms with Gasteiger partial charge in [-0.2, -0.15) is 0 Å². The maximum Gasteiger partial charge on any atom is 0.232 e. The molecule has 2 N–H and O–H groups in total. The van der Waals surface area contributed by atoms with Gasteiger partial charge in [-0.25, -0.2) is 8.42 Å². The Morgan fingerprint density at radius 2 is 1.78 bits per heavy atom. The molecular weight excluding hydrogens is 252 g/mol. The molecule has 5 nitrogen and oxygen atoms in total. The molecule has 1 rings (SSSR count). The Hall–Kier alpha value is -1.27. The van der Waals surface area contributed by atoms with Gasteiger partial charge in [0.2, 0.25) is 10.0 Å². The highest BCUT2D eigenvalue weighted by Crippen LogP contribution is 2.16. The van der Waals surface area contributed by atoms with Crippen molar-refractivity contribution in [3.8, 4) is 0 Å². The lowest BCUT2D eigenvalue weighted by molar-refractivity contribution is 0.287. The minimum atomic E-state index is -3.31. The van der Waals surface area contributed by atoms with Crippen LogP contribution >= 0.6 is 0 Å². The molecule has 0 saturated carbocycles. The molecule has 0 fully saturated rings. The lowest BCUT2D eigenvalue weighted by atomic mass is 10.3. The Balaban J connectivity index is 2.61. The maximum absolute atomic E-state index is 11.7. The molecule has 0 aliphatic carbocycles. The second-order valence-corrected chi connectivity index (χ2v) is 6.13. The van der Waals surface area contributed by atoms with Crippen molar-refractivity contribution in [3.05, 3.63) is 24.3 Å². The number of benzene rings is 1. The zero-order chi connectivity index (χ0) is 13.6. The molecule has 0 aromatic heterocycles. The van der Waals surface area contributed by atoms with Crippen molar-refractivity contribution in [3.63, 3.8) is 0 Å². The van der Waals surface area contributed by atoms with Gasteiger partial charge in [0.1, 0.15) is 0 Å². The van der Waals surface area contributed by atoms with E-state index in [1.165, 1.54) is 0 Å². The minimum absolute atomic E-state index is 0.0209. The van der Waals surface area contributed by atoms with Gasteiger partial charge in [-0.1, -0.05) is 0 Å². The zero-order valence-corrected chi connectivity index (χ0v) is 11.6. The molecule has 18 heavy (non-hydrogen) atoms. The Bertz CT molecular complexity index is 455. The van der Waals surface area contributed by atoms with E-state index in [1.54, 1.807) is 12.1 Å². The van der Waals surface area contributed by atoms with E-state index < -0.39 is 10.0 Å². The Morgan fingerprint density at radius 3 is 2.28 bits per heavy atom. The quantitative estimate of drug-likeness (QED) is 0.733. The Labute approximate surface area is 108 Å². The van der Waals surface area contributed by atoms with Gasteiger partial charge in [0.25, 0.3) is 0 Å².